The lowest BCUT2D eigenvalue weighted by atomic mass is 10.3. The van der Waals surface area contributed by atoms with Crippen LogP contribution in [0, 0.1) is 0 Å². The van der Waals surface area contributed by atoms with Gasteiger partial charge in [-0.25, -0.2) is 9.78 Å². The smallest absolute Gasteiger partial charge is 0.347 e. The number of hydrogen-bond donors (Lipinski definition) is 1. The molecule has 0 aliphatic heterocycles. The van der Waals surface area contributed by atoms with Crippen molar-refractivity contribution in [2.45, 2.75) is 26.4 Å². The van der Waals surface area contributed by atoms with Crippen molar-refractivity contribution in [2.75, 3.05) is 12.3 Å². The summed E-state index contributed by atoms with van der Waals surface area (Å²) in [4.78, 5) is 15.3. The van der Waals surface area contributed by atoms with Crippen molar-refractivity contribution in [3.63, 3.8) is 0 Å². The number of hydrogen-bond acceptors (Lipinski definition) is 5. The summed E-state index contributed by atoms with van der Waals surface area (Å²) in [7, 11) is 0. The lowest BCUT2D eigenvalue weighted by Gasteiger charge is -2.15. The van der Waals surface area contributed by atoms with Gasteiger partial charge in [0.15, 0.2) is 6.10 Å². The summed E-state index contributed by atoms with van der Waals surface area (Å²) in [5.74, 6) is 0.562. The third kappa shape index (κ3) is 3.42. The Kier molecular flexibility index (Phi) is 4.57. The molecular weight excluding hydrogens is 208 g/mol. The van der Waals surface area contributed by atoms with Gasteiger partial charge in [0.2, 0.25) is 0 Å². The molecule has 1 atom stereocenters. The Morgan fingerprint density at radius 1 is 1.50 bits per heavy atom. The van der Waals surface area contributed by atoms with Crippen LogP contribution in [0.2, 0.25) is 0 Å². The van der Waals surface area contributed by atoms with Crippen molar-refractivity contribution in [3.8, 4) is 5.75 Å². The van der Waals surface area contributed by atoms with Crippen LogP contribution >= 0.6 is 0 Å². The van der Waals surface area contributed by atoms with E-state index in [0.29, 0.717) is 24.6 Å². The molecule has 0 aliphatic rings. The van der Waals surface area contributed by atoms with E-state index < -0.39 is 6.10 Å². The second-order valence-electron chi connectivity index (χ2n) is 3.19. The molecule has 0 aromatic carbocycles. The quantitative estimate of drug-likeness (QED) is 0.765. The first kappa shape index (κ1) is 12.3. The van der Waals surface area contributed by atoms with E-state index in [1.165, 1.54) is 6.20 Å². The predicted octanol–water partition coefficient (Wildman–Crippen LogP) is 1.38. The maximum atomic E-state index is 11.5. The van der Waals surface area contributed by atoms with Gasteiger partial charge < -0.3 is 15.2 Å². The van der Waals surface area contributed by atoms with Crippen LogP contribution in [-0.4, -0.2) is 23.7 Å². The van der Waals surface area contributed by atoms with Gasteiger partial charge in [-0.3, -0.25) is 0 Å². The van der Waals surface area contributed by atoms with Crippen LogP contribution in [0.25, 0.3) is 0 Å². The normalized spacial score (nSPS) is 11.9. The van der Waals surface area contributed by atoms with E-state index in [1.54, 1.807) is 19.1 Å². The molecule has 1 rings (SSSR count). The summed E-state index contributed by atoms with van der Waals surface area (Å²) in [6, 6.07) is 3.29. The third-order valence-corrected chi connectivity index (χ3v) is 1.96. The molecule has 0 saturated carbocycles. The highest BCUT2D eigenvalue weighted by atomic mass is 16.6. The maximum absolute atomic E-state index is 11.5. The standard InChI is InChI=1S/C11H16N2O3/c1-3-9(11(14)15-4-2)16-8-5-6-10(12)13-7-8/h5-7,9H,3-4H2,1-2H3,(H2,12,13). The van der Waals surface area contributed by atoms with Gasteiger partial charge >= 0.3 is 5.97 Å². The van der Waals surface area contributed by atoms with Crippen LogP contribution in [0.4, 0.5) is 5.82 Å². The Morgan fingerprint density at radius 3 is 2.75 bits per heavy atom. The van der Waals surface area contributed by atoms with Gasteiger partial charge in [-0.2, -0.15) is 0 Å². The lowest BCUT2D eigenvalue weighted by molar-refractivity contribution is -0.151. The fourth-order valence-corrected chi connectivity index (χ4v) is 1.16. The molecular formula is C11H16N2O3. The Hall–Kier alpha value is -1.78. The Morgan fingerprint density at radius 2 is 2.25 bits per heavy atom. The molecule has 1 aromatic rings. The monoisotopic (exact) mass is 224 g/mol. The number of ether oxygens (including phenoxy) is 2. The first-order valence-corrected chi connectivity index (χ1v) is 5.22. The Balaban J connectivity index is 2.62. The minimum absolute atomic E-state index is 0.346. The first-order chi connectivity index (χ1) is 7.67. The van der Waals surface area contributed by atoms with E-state index in [4.69, 9.17) is 15.2 Å². The fourth-order valence-electron chi connectivity index (χ4n) is 1.16. The number of pyridine rings is 1. The van der Waals surface area contributed by atoms with Gasteiger partial charge in [-0.1, -0.05) is 6.92 Å². The SMILES string of the molecule is CCOC(=O)C(CC)Oc1ccc(N)nc1. The zero-order chi connectivity index (χ0) is 12.0. The maximum Gasteiger partial charge on any atom is 0.347 e. The molecule has 0 bridgehead atoms. The van der Waals surface area contributed by atoms with E-state index in [1.807, 2.05) is 6.92 Å². The molecule has 0 saturated heterocycles. The highest BCUT2D eigenvalue weighted by Gasteiger charge is 2.19. The number of rotatable bonds is 5. The van der Waals surface area contributed by atoms with Gasteiger partial charge in [0.25, 0.3) is 0 Å². The summed E-state index contributed by atoms with van der Waals surface area (Å²) < 4.78 is 10.3. The number of nitrogen functional groups attached to an aromatic ring is 1. The Bertz CT molecular complexity index is 338. The summed E-state index contributed by atoms with van der Waals surface area (Å²) >= 11 is 0. The molecule has 1 aromatic heterocycles. The van der Waals surface area contributed by atoms with Gasteiger partial charge in [-0.05, 0) is 25.5 Å². The molecule has 1 heterocycles. The molecule has 0 aliphatic carbocycles. The summed E-state index contributed by atoms with van der Waals surface area (Å²) in [6.45, 7) is 3.96. The fraction of sp³-hybridized carbons (Fsp3) is 0.455. The van der Waals surface area contributed by atoms with Crippen molar-refractivity contribution in [2.24, 2.45) is 0 Å². The zero-order valence-electron chi connectivity index (χ0n) is 9.47. The number of carbonyl (C=O) groups is 1. The Labute approximate surface area is 94.6 Å². The average Bonchev–Trinajstić information content (AvgIpc) is 2.28. The average molecular weight is 224 g/mol. The second kappa shape index (κ2) is 5.95. The lowest BCUT2D eigenvalue weighted by Crippen LogP contribution is -2.28. The van der Waals surface area contributed by atoms with Gasteiger partial charge in [-0.15, -0.1) is 0 Å². The van der Waals surface area contributed by atoms with Crippen molar-refractivity contribution < 1.29 is 14.3 Å². The van der Waals surface area contributed by atoms with Crippen molar-refractivity contribution in [1.29, 1.82) is 0 Å². The number of anilines is 1. The minimum atomic E-state index is -0.592. The largest absolute Gasteiger partial charge is 0.477 e. The minimum Gasteiger partial charge on any atom is -0.477 e. The van der Waals surface area contributed by atoms with E-state index in [9.17, 15) is 4.79 Å². The van der Waals surface area contributed by atoms with E-state index >= 15 is 0 Å². The highest BCUT2D eigenvalue weighted by Crippen LogP contribution is 2.14. The molecule has 88 valence electrons. The molecule has 0 spiro atoms. The predicted molar refractivity (Wildman–Crippen MR) is 60.0 cm³/mol. The van der Waals surface area contributed by atoms with Crippen LogP contribution in [-0.2, 0) is 9.53 Å². The second-order valence-corrected chi connectivity index (χ2v) is 3.19. The molecule has 0 amide bonds. The summed E-state index contributed by atoms with van der Waals surface area (Å²) in [5.41, 5.74) is 5.44. The van der Waals surface area contributed by atoms with Gasteiger partial charge in [0, 0.05) is 0 Å². The number of carbonyl (C=O) groups excluding carboxylic acids is 1. The van der Waals surface area contributed by atoms with Gasteiger partial charge in [0.1, 0.15) is 11.6 Å². The van der Waals surface area contributed by atoms with Gasteiger partial charge in [0.05, 0.1) is 12.8 Å². The highest BCUT2D eigenvalue weighted by molar-refractivity contribution is 5.75. The summed E-state index contributed by atoms with van der Waals surface area (Å²) in [5, 5.41) is 0. The summed E-state index contributed by atoms with van der Waals surface area (Å²) in [6.07, 6.45) is 1.44. The number of nitrogens with two attached hydrogens (primary N) is 1. The van der Waals surface area contributed by atoms with Crippen LogP contribution in [0.15, 0.2) is 18.3 Å². The first-order valence-electron chi connectivity index (χ1n) is 5.22. The zero-order valence-corrected chi connectivity index (χ0v) is 9.47. The molecule has 1 unspecified atom stereocenters. The number of aromatic nitrogens is 1. The number of nitrogens with zero attached hydrogens (tertiary/aromatic N) is 1. The third-order valence-electron chi connectivity index (χ3n) is 1.96. The van der Waals surface area contributed by atoms with E-state index in [-0.39, 0.29) is 5.97 Å². The molecule has 0 radical (unpaired) electrons. The van der Waals surface area contributed by atoms with E-state index in [0.717, 1.165) is 0 Å². The van der Waals surface area contributed by atoms with E-state index in [2.05, 4.69) is 4.98 Å². The molecule has 5 nitrogen and oxygen atoms in total. The van der Waals surface area contributed by atoms with Crippen LogP contribution < -0.4 is 10.5 Å². The molecule has 2 N–H and O–H groups in total. The van der Waals surface area contributed by atoms with Crippen molar-refractivity contribution in [3.05, 3.63) is 18.3 Å². The number of esters is 1. The van der Waals surface area contributed by atoms with Crippen molar-refractivity contribution >= 4 is 11.8 Å². The van der Waals surface area contributed by atoms with Crippen LogP contribution in [0.3, 0.4) is 0 Å². The van der Waals surface area contributed by atoms with Crippen LogP contribution in [0.1, 0.15) is 20.3 Å². The van der Waals surface area contributed by atoms with Crippen molar-refractivity contribution in [1.82, 2.24) is 4.98 Å². The molecule has 0 fully saturated rings. The van der Waals surface area contributed by atoms with Crippen LogP contribution in [0.5, 0.6) is 5.75 Å². The molecule has 16 heavy (non-hydrogen) atoms. The topological polar surface area (TPSA) is 74.4 Å². The molecule has 5 heteroatoms.